The van der Waals surface area contributed by atoms with Crippen LogP contribution in [0.5, 0.6) is 0 Å². The Bertz CT molecular complexity index is 312. The highest BCUT2D eigenvalue weighted by Gasteiger charge is 2.14. The quantitative estimate of drug-likeness (QED) is 0.850. The van der Waals surface area contributed by atoms with Crippen LogP contribution in [-0.2, 0) is 0 Å². The maximum Gasteiger partial charge on any atom is 0.0761 e. The topological polar surface area (TPSA) is 20.2 Å². The Balaban J connectivity index is 1.93. The van der Waals surface area contributed by atoms with E-state index in [2.05, 4.69) is 12.1 Å². The van der Waals surface area contributed by atoms with Gasteiger partial charge in [-0.2, -0.15) is 0 Å². The van der Waals surface area contributed by atoms with E-state index in [1.807, 2.05) is 30.8 Å². The van der Waals surface area contributed by atoms with Crippen molar-refractivity contribution in [3.8, 4) is 0 Å². The number of hydrogen-bond donors (Lipinski definition) is 1. The van der Waals surface area contributed by atoms with Crippen LogP contribution in [0.25, 0.3) is 0 Å². The van der Waals surface area contributed by atoms with Gasteiger partial charge in [-0.3, -0.25) is 0 Å². The van der Waals surface area contributed by atoms with Crippen LogP contribution in [0.3, 0.4) is 0 Å². The first-order chi connectivity index (χ1) is 7.75. The Labute approximate surface area is 102 Å². The summed E-state index contributed by atoms with van der Waals surface area (Å²) < 4.78 is 0. The van der Waals surface area contributed by atoms with Crippen molar-refractivity contribution in [1.82, 2.24) is 0 Å². The van der Waals surface area contributed by atoms with E-state index >= 15 is 0 Å². The maximum absolute atomic E-state index is 9.43. The monoisotopic (exact) mass is 236 g/mol. The molecule has 1 atom stereocenters. The molecular formula is C14H20OS. The summed E-state index contributed by atoms with van der Waals surface area (Å²) in [7, 11) is 0. The van der Waals surface area contributed by atoms with Crippen molar-refractivity contribution in [1.29, 1.82) is 0 Å². The van der Waals surface area contributed by atoms with E-state index in [4.69, 9.17) is 0 Å². The summed E-state index contributed by atoms with van der Waals surface area (Å²) in [5.41, 5.74) is 1.01. The molecule has 0 amide bonds. The SMILES string of the molecule is C[C@@H](O)c1ccc(SC2CCCCC2)cc1. The average molecular weight is 236 g/mol. The van der Waals surface area contributed by atoms with E-state index in [0.717, 1.165) is 10.8 Å². The largest absolute Gasteiger partial charge is 0.389 e. The fourth-order valence-corrected chi connectivity index (χ4v) is 3.45. The summed E-state index contributed by atoms with van der Waals surface area (Å²) in [5, 5.41) is 10.2. The highest BCUT2D eigenvalue weighted by Crippen LogP contribution is 2.33. The zero-order valence-corrected chi connectivity index (χ0v) is 10.7. The molecule has 2 heteroatoms. The number of hydrogen-bond acceptors (Lipinski definition) is 2. The third-order valence-electron chi connectivity index (χ3n) is 3.22. The van der Waals surface area contributed by atoms with E-state index in [0.29, 0.717) is 0 Å². The summed E-state index contributed by atoms with van der Waals surface area (Å²) in [6.45, 7) is 1.81. The molecule has 1 aromatic carbocycles. The van der Waals surface area contributed by atoms with Crippen LogP contribution in [0, 0.1) is 0 Å². The fourth-order valence-electron chi connectivity index (χ4n) is 2.20. The third-order valence-corrected chi connectivity index (χ3v) is 4.57. The molecule has 1 saturated carbocycles. The number of thioether (sulfide) groups is 1. The Kier molecular flexibility index (Phi) is 4.30. The molecule has 0 aromatic heterocycles. The summed E-state index contributed by atoms with van der Waals surface area (Å²) in [5.74, 6) is 0. The Hall–Kier alpha value is -0.470. The zero-order chi connectivity index (χ0) is 11.4. The Morgan fingerprint density at radius 1 is 1.12 bits per heavy atom. The molecule has 1 fully saturated rings. The molecule has 16 heavy (non-hydrogen) atoms. The molecule has 1 nitrogen and oxygen atoms in total. The molecular weight excluding hydrogens is 216 g/mol. The van der Waals surface area contributed by atoms with Crippen LogP contribution >= 0.6 is 11.8 Å². The molecule has 1 aliphatic rings. The minimum absolute atomic E-state index is 0.353. The first-order valence-electron chi connectivity index (χ1n) is 6.20. The Morgan fingerprint density at radius 2 is 1.75 bits per heavy atom. The van der Waals surface area contributed by atoms with Crippen molar-refractivity contribution >= 4 is 11.8 Å². The van der Waals surface area contributed by atoms with E-state index in [9.17, 15) is 5.11 Å². The second-order valence-corrected chi connectivity index (χ2v) is 6.00. The number of rotatable bonds is 3. The molecule has 1 N–H and O–H groups in total. The lowest BCUT2D eigenvalue weighted by atomic mass is 10.0. The second-order valence-electron chi connectivity index (χ2n) is 4.62. The molecule has 0 heterocycles. The van der Waals surface area contributed by atoms with Gasteiger partial charge in [-0.1, -0.05) is 31.4 Å². The smallest absolute Gasteiger partial charge is 0.0761 e. The van der Waals surface area contributed by atoms with Gasteiger partial charge >= 0.3 is 0 Å². The first-order valence-corrected chi connectivity index (χ1v) is 7.08. The van der Waals surface area contributed by atoms with Gasteiger partial charge in [0.05, 0.1) is 6.10 Å². The summed E-state index contributed by atoms with van der Waals surface area (Å²) >= 11 is 2.00. The van der Waals surface area contributed by atoms with Gasteiger partial charge in [0.1, 0.15) is 0 Å². The molecule has 1 aromatic rings. The summed E-state index contributed by atoms with van der Waals surface area (Å²) in [6.07, 6.45) is 6.57. The lowest BCUT2D eigenvalue weighted by molar-refractivity contribution is 0.199. The predicted molar refractivity (Wildman–Crippen MR) is 69.8 cm³/mol. The molecule has 0 aliphatic heterocycles. The number of aliphatic hydroxyl groups is 1. The molecule has 88 valence electrons. The molecule has 2 rings (SSSR count). The van der Waals surface area contributed by atoms with Gasteiger partial charge in [0.2, 0.25) is 0 Å². The van der Waals surface area contributed by atoms with Crippen LogP contribution < -0.4 is 0 Å². The average Bonchev–Trinajstić information content (AvgIpc) is 2.31. The van der Waals surface area contributed by atoms with Gasteiger partial charge in [0.15, 0.2) is 0 Å². The van der Waals surface area contributed by atoms with Crippen molar-refractivity contribution in [2.24, 2.45) is 0 Å². The molecule has 0 saturated heterocycles. The molecule has 0 bridgehead atoms. The van der Waals surface area contributed by atoms with E-state index in [-0.39, 0.29) is 6.10 Å². The van der Waals surface area contributed by atoms with Crippen LogP contribution in [-0.4, -0.2) is 10.4 Å². The van der Waals surface area contributed by atoms with Gasteiger partial charge in [-0.15, -0.1) is 11.8 Å². The standard InChI is InChI=1S/C14H20OS/c1-11(15)12-7-9-14(10-8-12)16-13-5-3-2-4-6-13/h7-11,13,15H,2-6H2,1H3/t11-/m1/s1. The first kappa shape index (κ1) is 12.0. The van der Waals surface area contributed by atoms with Crippen molar-refractivity contribution < 1.29 is 5.11 Å². The number of aliphatic hydroxyl groups excluding tert-OH is 1. The highest BCUT2D eigenvalue weighted by atomic mass is 32.2. The fraction of sp³-hybridized carbons (Fsp3) is 0.571. The van der Waals surface area contributed by atoms with Gasteiger partial charge in [0, 0.05) is 10.1 Å². The number of benzene rings is 1. The van der Waals surface area contributed by atoms with Crippen molar-refractivity contribution in [3.05, 3.63) is 29.8 Å². The summed E-state index contributed by atoms with van der Waals surface area (Å²) in [6, 6.07) is 8.36. The maximum atomic E-state index is 9.43. The van der Waals surface area contributed by atoms with Crippen molar-refractivity contribution in [2.45, 2.75) is 55.3 Å². The predicted octanol–water partition coefficient (Wildman–Crippen LogP) is 4.16. The van der Waals surface area contributed by atoms with Crippen LogP contribution in [0.1, 0.15) is 50.7 Å². The van der Waals surface area contributed by atoms with E-state index in [1.165, 1.54) is 37.0 Å². The zero-order valence-electron chi connectivity index (χ0n) is 9.86. The molecule has 0 radical (unpaired) electrons. The van der Waals surface area contributed by atoms with Gasteiger partial charge in [0.25, 0.3) is 0 Å². The molecule has 0 unspecified atom stereocenters. The van der Waals surface area contributed by atoms with Crippen molar-refractivity contribution in [3.63, 3.8) is 0 Å². The lowest BCUT2D eigenvalue weighted by Gasteiger charge is -2.21. The minimum Gasteiger partial charge on any atom is -0.389 e. The van der Waals surface area contributed by atoms with Crippen LogP contribution in [0.2, 0.25) is 0 Å². The second kappa shape index (κ2) is 5.74. The summed E-state index contributed by atoms with van der Waals surface area (Å²) in [4.78, 5) is 1.34. The lowest BCUT2D eigenvalue weighted by Crippen LogP contribution is -2.07. The van der Waals surface area contributed by atoms with E-state index < -0.39 is 0 Å². The highest BCUT2D eigenvalue weighted by molar-refractivity contribution is 8.00. The molecule has 1 aliphatic carbocycles. The van der Waals surface area contributed by atoms with Gasteiger partial charge in [-0.05, 0) is 37.5 Å². The minimum atomic E-state index is -0.353. The normalized spacial score (nSPS) is 19.6. The van der Waals surface area contributed by atoms with Crippen molar-refractivity contribution in [2.75, 3.05) is 0 Å². The van der Waals surface area contributed by atoms with Gasteiger partial charge < -0.3 is 5.11 Å². The Morgan fingerprint density at radius 3 is 2.31 bits per heavy atom. The third kappa shape index (κ3) is 3.26. The van der Waals surface area contributed by atoms with Crippen LogP contribution in [0.4, 0.5) is 0 Å². The van der Waals surface area contributed by atoms with E-state index in [1.54, 1.807) is 0 Å². The van der Waals surface area contributed by atoms with Crippen LogP contribution in [0.15, 0.2) is 29.2 Å². The molecule has 0 spiro atoms. The van der Waals surface area contributed by atoms with Gasteiger partial charge in [-0.25, -0.2) is 0 Å².